The van der Waals surface area contributed by atoms with Gasteiger partial charge in [0.2, 0.25) is 0 Å². The number of halogens is 1. The first-order chi connectivity index (χ1) is 8.67. The molecule has 0 aliphatic rings. The molecule has 1 N–H and O–H groups in total. The Labute approximate surface area is 118 Å². The van der Waals surface area contributed by atoms with Gasteiger partial charge in [-0.25, -0.2) is 0 Å². The molecule has 1 rings (SSSR count). The van der Waals surface area contributed by atoms with E-state index in [0.29, 0.717) is 19.1 Å². The average Bonchev–Trinajstić information content (AvgIpc) is 2.37. The van der Waals surface area contributed by atoms with Crippen LogP contribution in [-0.4, -0.2) is 55.3 Å². The van der Waals surface area contributed by atoms with Crippen LogP contribution in [0.5, 0.6) is 0 Å². The molecule has 0 saturated carbocycles. The summed E-state index contributed by atoms with van der Waals surface area (Å²) < 4.78 is 4.93. The van der Waals surface area contributed by atoms with Crippen molar-refractivity contribution in [1.29, 1.82) is 0 Å². The molecule has 0 aliphatic heterocycles. The molecule has 0 saturated heterocycles. The van der Waals surface area contributed by atoms with Crippen LogP contribution < -0.4 is 0 Å². The Morgan fingerprint density at radius 2 is 1.94 bits per heavy atom. The Kier molecular flexibility index (Phi) is 7.51. The largest absolute Gasteiger partial charge is 0.389 e. The van der Waals surface area contributed by atoms with Crippen LogP contribution in [0.1, 0.15) is 11.5 Å². The predicted octanol–water partition coefficient (Wildman–Crippen LogP) is 2.10. The van der Waals surface area contributed by atoms with Gasteiger partial charge in [0, 0.05) is 31.4 Å². The molecule has 2 atom stereocenters. The maximum atomic E-state index is 9.70. The number of hydrogen-bond acceptors (Lipinski definition) is 3. The number of aliphatic hydroxyl groups excluding tert-OH is 1. The van der Waals surface area contributed by atoms with Crippen molar-refractivity contribution in [2.45, 2.75) is 12.0 Å². The maximum absolute atomic E-state index is 9.70. The highest BCUT2D eigenvalue weighted by Gasteiger charge is 2.15. The summed E-state index contributed by atoms with van der Waals surface area (Å²) in [6.45, 7) is 1.93. The number of ether oxygens (including phenoxy) is 1. The van der Waals surface area contributed by atoms with E-state index in [0.717, 1.165) is 11.9 Å². The molecule has 18 heavy (non-hydrogen) atoms. The van der Waals surface area contributed by atoms with Crippen molar-refractivity contribution in [1.82, 2.24) is 4.90 Å². The number of nitrogens with zero attached hydrogens (tertiary/aromatic N) is 1. The Bertz CT molecular complexity index is 321. The molecule has 0 aliphatic carbocycles. The van der Waals surface area contributed by atoms with Crippen LogP contribution >= 0.6 is 15.9 Å². The highest BCUT2D eigenvalue weighted by atomic mass is 79.9. The van der Waals surface area contributed by atoms with Gasteiger partial charge in [0.25, 0.3) is 0 Å². The Hall–Kier alpha value is -0.420. The van der Waals surface area contributed by atoms with E-state index in [1.165, 1.54) is 5.56 Å². The van der Waals surface area contributed by atoms with Gasteiger partial charge in [0.05, 0.1) is 12.7 Å². The van der Waals surface area contributed by atoms with Crippen molar-refractivity contribution in [3.8, 4) is 0 Å². The van der Waals surface area contributed by atoms with Crippen LogP contribution in [0, 0.1) is 0 Å². The summed E-state index contributed by atoms with van der Waals surface area (Å²) in [6, 6.07) is 10.4. The molecule has 3 nitrogen and oxygen atoms in total. The lowest BCUT2D eigenvalue weighted by Gasteiger charge is -2.25. The molecule has 1 aromatic rings. The van der Waals surface area contributed by atoms with Gasteiger partial charge in [-0.1, -0.05) is 46.3 Å². The number of hydrogen-bond donors (Lipinski definition) is 1. The van der Waals surface area contributed by atoms with Gasteiger partial charge in [-0.15, -0.1) is 0 Å². The first kappa shape index (κ1) is 15.6. The van der Waals surface area contributed by atoms with E-state index in [1.54, 1.807) is 7.11 Å². The first-order valence-electron chi connectivity index (χ1n) is 6.13. The highest BCUT2D eigenvalue weighted by molar-refractivity contribution is 9.09. The molecule has 0 spiro atoms. The molecule has 102 valence electrons. The zero-order chi connectivity index (χ0) is 13.4. The van der Waals surface area contributed by atoms with Crippen molar-refractivity contribution >= 4 is 15.9 Å². The minimum atomic E-state index is -0.424. The van der Waals surface area contributed by atoms with Gasteiger partial charge >= 0.3 is 0 Å². The van der Waals surface area contributed by atoms with Crippen LogP contribution in [0.4, 0.5) is 0 Å². The normalized spacial score (nSPS) is 14.7. The molecule has 0 heterocycles. The lowest BCUT2D eigenvalue weighted by molar-refractivity contribution is 0.0425. The number of rotatable bonds is 8. The van der Waals surface area contributed by atoms with Crippen molar-refractivity contribution in [2.24, 2.45) is 0 Å². The van der Waals surface area contributed by atoms with Crippen LogP contribution in [0.25, 0.3) is 0 Å². The molecule has 4 heteroatoms. The lowest BCUT2D eigenvalue weighted by Crippen LogP contribution is -2.34. The molecule has 1 aromatic carbocycles. The summed E-state index contributed by atoms with van der Waals surface area (Å²) in [7, 11) is 3.63. The average molecular weight is 316 g/mol. The molecule has 0 bridgehead atoms. The SMILES string of the molecule is COCC(O)CN(C)CC(CBr)c1ccccc1. The first-order valence-corrected chi connectivity index (χ1v) is 7.26. The van der Waals surface area contributed by atoms with E-state index >= 15 is 0 Å². The third kappa shape index (κ3) is 5.48. The van der Waals surface area contributed by atoms with E-state index in [1.807, 2.05) is 13.1 Å². The third-order valence-corrected chi connectivity index (χ3v) is 3.65. The number of aliphatic hydroxyl groups is 1. The van der Waals surface area contributed by atoms with E-state index in [-0.39, 0.29) is 0 Å². The van der Waals surface area contributed by atoms with Gasteiger partial charge in [0.1, 0.15) is 0 Å². The fraction of sp³-hybridized carbons (Fsp3) is 0.571. The molecule has 0 amide bonds. The smallest absolute Gasteiger partial charge is 0.0899 e. The fourth-order valence-corrected chi connectivity index (χ4v) is 2.60. The molecule has 0 aromatic heterocycles. The standard InChI is InChI=1S/C14H22BrNO2/c1-16(10-14(17)11-18-2)9-13(8-15)12-6-4-3-5-7-12/h3-7,13-14,17H,8-11H2,1-2H3. The van der Waals surface area contributed by atoms with Crippen LogP contribution in [0.2, 0.25) is 0 Å². The quantitative estimate of drug-likeness (QED) is 0.746. The van der Waals surface area contributed by atoms with Gasteiger partial charge in [-0.05, 0) is 12.6 Å². The van der Waals surface area contributed by atoms with Crippen molar-refractivity contribution in [2.75, 3.05) is 39.2 Å². The summed E-state index contributed by atoms with van der Waals surface area (Å²) in [6.07, 6.45) is -0.424. The van der Waals surface area contributed by atoms with E-state index in [4.69, 9.17) is 4.74 Å². The van der Waals surface area contributed by atoms with Crippen LogP contribution in [-0.2, 0) is 4.74 Å². The summed E-state index contributed by atoms with van der Waals surface area (Å²) >= 11 is 3.56. The minimum Gasteiger partial charge on any atom is -0.389 e. The van der Waals surface area contributed by atoms with Crippen LogP contribution in [0.15, 0.2) is 30.3 Å². The van der Waals surface area contributed by atoms with Crippen molar-refractivity contribution in [3.05, 3.63) is 35.9 Å². The van der Waals surface area contributed by atoms with E-state index in [2.05, 4.69) is 45.1 Å². The van der Waals surface area contributed by atoms with Crippen molar-refractivity contribution in [3.63, 3.8) is 0 Å². The maximum Gasteiger partial charge on any atom is 0.0899 e. The number of alkyl halides is 1. The number of benzene rings is 1. The summed E-state index contributed by atoms with van der Waals surface area (Å²) in [5, 5.41) is 10.6. The molecular weight excluding hydrogens is 294 g/mol. The van der Waals surface area contributed by atoms with E-state index < -0.39 is 6.10 Å². The topological polar surface area (TPSA) is 32.7 Å². The summed E-state index contributed by atoms with van der Waals surface area (Å²) in [4.78, 5) is 2.14. The van der Waals surface area contributed by atoms with Gasteiger partial charge in [0.15, 0.2) is 0 Å². The summed E-state index contributed by atoms with van der Waals surface area (Å²) in [5.74, 6) is 0.436. The number of likely N-dealkylation sites (N-methyl/N-ethyl adjacent to an activating group) is 1. The third-order valence-electron chi connectivity index (χ3n) is 2.87. The highest BCUT2D eigenvalue weighted by Crippen LogP contribution is 2.18. The van der Waals surface area contributed by atoms with E-state index in [9.17, 15) is 5.11 Å². The second kappa shape index (κ2) is 8.64. The number of methoxy groups -OCH3 is 1. The Morgan fingerprint density at radius 1 is 1.28 bits per heavy atom. The second-order valence-electron chi connectivity index (χ2n) is 4.59. The van der Waals surface area contributed by atoms with Gasteiger partial charge < -0.3 is 14.7 Å². The summed E-state index contributed by atoms with van der Waals surface area (Å²) in [5.41, 5.74) is 1.32. The predicted molar refractivity (Wildman–Crippen MR) is 78.4 cm³/mol. The van der Waals surface area contributed by atoms with Crippen LogP contribution in [0.3, 0.4) is 0 Å². The van der Waals surface area contributed by atoms with Gasteiger partial charge in [-0.2, -0.15) is 0 Å². The van der Waals surface area contributed by atoms with Crippen molar-refractivity contribution < 1.29 is 9.84 Å². The Morgan fingerprint density at radius 3 is 2.50 bits per heavy atom. The zero-order valence-electron chi connectivity index (χ0n) is 11.1. The van der Waals surface area contributed by atoms with Gasteiger partial charge in [-0.3, -0.25) is 0 Å². The lowest BCUT2D eigenvalue weighted by atomic mass is 10.0. The molecule has 2 unspecified atom stereocenters. The zero-order valence-corrected chi connectivity index (χ0v) is 12.6. The second-order valence-corrected chi connectivity index (χ2v) is 5.24. The fourth-order valence-electron chi connectivity index (χ4n) is 2.02. The Balaban J connectivity index is 2.48. The minimum absolute atomic E-state index is 0.384. The molecular formula is C14H22BrNO2. The molecule has 0 fully saturated rings. The monoisotopic (exact) mass is 315 g/mol. The molecule has 0 radical (unpaired) electrons.